The number of carbonyl (C=O) groups is 1. The lowest BCUT2D eigenvalue weighted by Crippen LogP contribution is -2.31. The molecule has 3 aromatic rings. The largest absolute Gasteiger partial charge is 0.460 e. The van der Waals surface area contributed by atoms with E-state index in [4.69, 9.17) is 4.42 Å². The van der Waals surface area contributed by atoms with Crippen LogP contribution in [-0.2, 0) is 0 Å². The number of amides is 1. The van der Waals surface area contributed by atoms with Gasteiger partial charge in [0.2, 0.25) is 0 Å². The van der Waals surface area contributed by atoms with Crippen molar-refractivity contribution in [1.82, 2.24) is 20.1 Å². The molecule has 0 radical (unpaired) electrons. The summed E-state index contributed by atoms with van der Waals surface area (Å²) >= 11 is 0. The number of carbonyl (C=O) groups excluding carboxylic acids is 1. The fourth-order valence-electron chi connectivity index (χ4n) is 3.17. The Labute approximate surface area is 139 Å². The number of pyridine rings is 1. The first-order valence-electron chi connectivity index (χ1n) is 8.06. The molecule has 122 valence electrons. The number of likely N-dealkylation sites (tertiary alicyclic amines) is 1. The van der Waals surface area contributed by atoms with Gasteiger partial charge in [-0.3, -0.25) is 14.9 Å². The average molecular weight is 322 g/mol. The summed E-state index contributed by atoms with van der Waals surface area (Å²) in [5.41, 5.74) is 2.04. The molecule has 1 saturated heterocycles. The number of nitrogens with one attached hydrogen (secondary N) is 1. The van der Waals surface area contributed by atoms with Crippen molar-refractivity contribution in [2.75, 3.05) is 6.54 Å². The topological polar surface area (TPSA) is 75.0 Å². The molecule has 0 aliphatic carbocycles. The predicted octanol–water partition coefficient (Wildman–Crippen LogP) is 3.35. The number of H-pyrrole nitrogens is 1. The van der Waals surface area contributed by atoms with Gasteiger partial charge < -0.3 is 9.32 Å². The van der Waals surface area contributed by atoms with Crippen LogP contribution >= 0.6 is 0 Å². The van der Waals surface area contributed by atoms with Crippen LogP contribution in [0.2, 0.25) is 0 Å². The van der Waals surface area contributed by atoms with Crippen molar-refractivity contribution in [3.63, 3.8) is 0 Å². The molecule has 4 rings (SSSR count). The summed E-state index contributed by atoms with van der Waals surface area (Å²) in [5.74, 6) is 1.43. The van der Waals surface area contributed by atoms with E-state index in [2.05, 4.69) is 15.2 Å². The van der Waals surface area contributed by atoms with Gasteiger partial charge in [-0.1, -0.05) is 6.07 Å². The van der Waals surface area contributed by atoms with Crippen LogP contribution in [0.4, 0.5) is 0 Å². The fraction of sp³-hybridized carbons (Fsp3) is 0.278. The van der Waals surface area contributed by atoms with Gasteiger partial charge in [-0.2, -0.15) is 5.10 Å². The van der Waals surface area contributed by atoms with Crippen molar-refractivity contribution in [3.05, 3.63) is 59.7 Å². The van der Waals surface area contributed by atoms with E-state index in [0.29, 0.717) is 17.1 Å². The van der Waals surface area contributed by atoms with Crippen LogP contribution in [0.25, 0.3) is 11.5 Å². The lowest BCUT2D eigenvalue weighted by molar-refractivity contribution is 0.0727. The summed E-state index contributed by atoms with van der Waals surface area (Å²) in [6.07, 6.45) is 3.67. The highest BCUT2D eigenvalue weighted by Gasteiger charge is 2.32. The summed E-state index contributed by atoms with van der Waals surface area (Å²) in [7, 11) is 0. The zero-order valence-corrected chi connectivity index (χ0v) is 13.4. The Kier molecular flexibility index (Phi) is 3.65. The molecule has 1 atom stereocenters. The molecule has 4 heterocycles. The van der Waals surface area contributed by atoms with Crippen LogP contribution < -0.4 is 0 Å². The molecule has 1 aliphatic rings. The Balaban J connectivity index is 1.58. The average Bonchev–Trinajstić information content (AvgIpc) is 3.35. The van der Waals surface area contributed by atoms with E-state index < -0.39 is 0 Å². The van der Waals surface area contributed by atoms with Gasteiger partial charge in [0.1, 0.15) is 11.5 Å². The summed E-state index contributed by atoms with van der Waals surface area (Å²) < 4.78 is 5.57. The Morgan fingerprint density at radius 2 is 2.25 bits per heavy atom. The number of rotatable bonds is 3. The first-order valence-corrected chi connectivity index (χ1v) is 8.06. The van der Waals surface area contributed by atoms with Crippen molar-refractivity contribution in [3.8, 4) is 11.5 Å². The van der Waals surface area contributed by atoms with Gasteiger partial charge in [0.05, 0.1) is 11.7 Å². The summed E-state index contributed by atoms with van der Waals surface area (Å²) in [5, 5.41) is 7.07. The van der Waals surface area contributed by atoms with Crippen molar-refractivity contribution in [1.29, 1.82) is 0 Å². The molecule has 0 bridgehead atoms. The molecule has 3 aromatic heterocycles. The van der Waals surface area contributed by atoms with E-state index in [-0.39, 0.29) is 11.9 Å². The van der Waals surface area contributed by atoms with Crippen LogP contribution in [0.3, 0.4) is 0 Å². The quantitative estimate of drug-likeness (QED) is 0.802. The van der Waals surface area contributed by atoms with E-state index in [9.17, 15) is 4.79 Å². The van der Waals surface area contributed by atoms with E-state index >= 15 is 0 Å². The van der Waals surface area contributed by atoms with E-state index in [1.165, 1.54) is 0 Å². The summed E-state index contributed by atoms with van der Waals surface area (Å²) in [6.45, 7) is 2.61. The molecule has 6 heteroatoms. The van der Waals surface area contributed by atoms with Gasteiger partial charge in [-0.15, -0.1) is 0 Å². The number of furan rings is 1. The first kappa shape index (κ1) is 14.7. The monoisotopic (exact) mass is 322 g/mol. The highest BCUT2D eigenvalue weighted by molar-refractivity contribution is 5.93. The Bertz CT molecular complexity index is 853. The van der Waals surface area contributed by atoms with Gasteiger partial charge in [0.25, 0.3) is 5.91 Å². The number of hydrogen-bond donors (Lipinski definition) is 1. The Morgan fingerprint density at radius 1 is 1.33 bits per heavy atom. The smallest absolute Gasteiger partial charge is 0.274 e. The van der Waals surface area contributed by atoms with Gasteiger partial charge >= 0.3 is 0 Å². The molecule has 0 aromatic carbocycles. The summed E-state index contributed by atoms with van der Waals surface area (Å²) in [6, 6.07) is 11.3. The third-order valence-corrected chi connectivity index (χ3v) is 4.35. The van der Waals surface area contributed by atoms with E-state index in [1.54, 1.807) is 12.3 Å². The minimum atomic E-state index is -0.0751. The van der Waals surface area contributed by atoms with Crippen LogP contribution in [0.15, 0.2) is 47.0 Å². The maximum Gasteiger partial charge on any atom is 0.274 e. The zero-order valence-electron chi connectivity index (χ0n) is 13.4. The first-order chi connectivity index (χ1) is 11.7. The molecule has 24 heavy (non-hydrogen) atoms. The van der Waals surface area contributed by atoms with Crippen molar-refractivity contribution in [2.45, 2.75) is 25.8 Å². The van der Waals surface area contributed by atoms with Crippen LogP contribution in [0.5, 0.6) is 0 Å². The third kappa shape index (κ3) is 2.60. The molecule has 1 amide bonds. The molecular formula is C18H18N4O2. The highest BCUT2D eigenvalue weighted by Crippen LogP contribution is 2.32. The normalized spacial score (nSPS) is 17.4. The number of nitrogens with zero attached hydrogens (tertiary/aromatic N) is 3. The SMILES string of the molecule is Cc1ccc(-c2cc(C(=O)N3CCC[C@@H]3c3ccccn3)n[nH]2)o1. The minimum Gasteiger partial charge on any atom is -0.460 e. The number of aromatic nitrogens is 3. The van der Waals surface area contributed by atoms with Gasteiger partial charge in [-0.25, -0.2) is 0 Å². The zero-order chi connectivity index (χ0) is 16.5. The third-order valence-electron chi connectivity index (χ3n) is 4.35. The number of hydrogen-bond acceptors (Lipinski definition) is 4. The molecule has 0 unspecified atom stereocenters. The Hall–Kier alpha value is -2.89. The maximum absolute atomic E-state index is 12.9. The second kappa shape index (κ2) is 5.96. The lowest BCUT2D eigenvalue weighted by Gasteiger charge is -2.23. The predicted molar refractivity (Wildman–Crippen MR) is 88.3 cm³/mol. The standard InChI is InChI=1S/C18H18N4O2/c1-12-7-8-17(24-12)14-11-15(21-20-14)18(23)22-10-4-6-16(22)13-5-2-3-9-19-13/h2-3,5,7-9,11,16H,4,6,10H2,1H3,(H,20,21)/t16-/m1/s1. The van der Waals surface area contributed by atoms with E-state index in [0.717, 1.165) is 30.8 Å². The molecule has 0 spiro atoms. The maximum atomic E-state index is 12.9. The molecule has 0 saturated carbocycles. The minimum absolute atomic E-state index is 0.0182. The second-order valence-corrected chi connectivity index (χ2v) is 5.99. The molecule has 1 fully saturated rings. The number of aryl methyl sites for hydroxylation is 1. The molecule has 1 aliphatic heterocycles. The van der Waals surface area contributed by atoms with Gasteiger partial charge in [0, 0.05) is 18.8 Å². The van der Waals surface area contributed by atoms with Gasteiger partial charge in [-0.05, 0) is 44.0 Å². The van der Waals surface area contributed by atoms with Crippen molar-refractivity contribution >= 4 is 5.91 Å². The van der Waals surface area contributed by atoms with Crippen LogP contribution in [-0.4, -0.2) is 32.5 Å². The van der Waals surface area contributed by atoms with Crippen molar-refractivity contribution in [2.24, 2.45) is 0 Å². The molecule has 1 N–H and O–H groups in total. The highest BCUT2D eigenvalue weighted by atomic mass is 16.3. The van der Waals surface area contributed by atoms with Crippen molar-refractivity contribution < 1.29 is 9.21 Å². The van der Waals surface area contributed by atoms with Crippen LogP contribution in [0, 0.1) is 6.92 Å². The van der Waals surface area contributed by atoms with E-state index in [1.807, 2.05) is 42.2 Å². The number of aromatic amines is 1. The van der Waals surface area contributed by atoms with Crippen LogP contribution in [0.1, 0.15) is 40.8 Å². The fourth-order valence-corrected chi connectivity index (χ4v) is 3.17. The molecule has 6 nitrogen and oxygen atoms in total. The second-order valence-electron chi connectivity index (χ2n) is 5.99. The Morgan fingerprint density at radius 3 is 3.00 bits per heavy atom. The lowest BCUT2D eigenvalue weighted by atomic mass is 10.1. The molecular weight excluding hydrogens is 304 g/mol. The van der Waals surface area contributed by atoms with Gasteiger partial charge in [0.15, 0.2) is 11.5 Å². The summed E-state index contributed by atoms with van der Waals surface area (Å²) in [4.78, 5) is 19.1.